The minimum atomic E-state index is 0.179. The summed E-state index contributed by atoms with van der Waals surface area (Å²) in [5, 5.41) is 12.5. The maximum atomic E-state index is 11.5. The van der Waals surface area contributed by atoms with Gasteiger partial charge in [-0.3, -0.25) is 9.78 Å². The summed E-state index contributed by atoms with van der Waals surface area (Å²) in [4.78, 5) is 18.2. The summed E-state index contributed by atoms with van der Waals surface area (Å²) in [6, 6.07) is 4.60. The van der Waals surface area contributed by atoms with Gasteiger partial charge >= 0.3 is 0 Å². The number of aryl methyl sites for hydroxylation is 2. The molecule has 0 aliphatic carbocycles. The van der Waals surface area contributed by atoms with Crippen LogP contribution >= 0.6 is 0 Å². The van der Waals surface area contributed by atoms with E-state index in [1.165, 1.54) is 0 Å². The van der Waals surface area contributed by atoms with Crippen molar-refractivity contribution in [1.82, 2.24) is 10.3 Å². The zero-order valence-electron chi connectivity index (χ0n) is 12.5. The van der Waals surface area contributed by atoms with E-state index in [2.05, 4.69) is 21.3 Å². The zero-order valence-corrected chi connectivity index (χ0v) is 12.5. The molecule has 5 heteroatoms. The number of hydrogen-bond donors (Lipinski definition) is 1. The predicted octanol–water partition coefficient (Wildman–Crippen LogP) is 1.68. The lowest BCUT2D eigenvalue weighted by atomic mass is 9.85. The van der Waals surface area contributed by atoms with E-state index in [9.17, 15) is 10.1 Å². The van der Waals surface area contributed by atoms with Crippen molar-refractivity contribution < 1.29 is 4.79 Å². The standard InChI is InChI=1S/C16H20N4O/c1-10-7-15(13(8-17)11(2)18-10)20-6-5-14-12(9-20)3-4-16(21)19-14/h7,12,14H,3-6,9H2,1-2H3,(H,19,21). The van der Waals surface area contributed by atoms with Gasteiger partial charge in [0.05, 0.1) is 16.9 Å². The van der Waals surface area contributed by atoms with Crippen molar-refractivity contribution in [1.29, 1.82) is 5.26 Å². The van der Waals surface area contributed by atoms with Crippen LogP contribution in [0.1, 0.15) is 36.2 Å². The van der Waals surface area contributed by atoms with Gasteiger partial charge in [0, 0.05) is 31.2 Å². The lowest BCUT2D eigenvalue weighted by Gasteiger charge is -2.42. The molecule has 1 N–H and O–H groups in total. The fourth-order valence-electron chi connectivity index (χ4n) is 3.52. The predicted molar refractivity (Wildman–Crippen MR) is 79.9 cm³/mol. The van der Waals surface area contributed by atoms with Crippen LogP contribution in [0.4, 0.5) is 5.69 Å². The van der Waals surface area contributed by atoms with E-state index in [-0.39, 0.29) is 5.91 Å². The molecule has 2 atom stereocenters. The van der Waals surface area contributed by atoms with Crippen LogP contribution in [-0.4, -0.2) is 30.0 Å². The Morgan fingerprint density at radius 3 is 3.00 bits per heavy atom. The summed E-state index contributed by atoms with van der Waals surface area (Å²) in [7, 11) is 0. The molecule has 2 aliphatic heterocycles. The number of aromatic nitrogens is 1. The van der Waals surface area contributed by atoms with Crippen molar-refractivity contribution in [3.05, 3.63) is 23.0 Å². The number of nitrogens with one attached hydrogen (secondary N) is 1. The number of amides is 1. The van der Waals surface area contributed by atoms with Gasteiger partial charge < -0.3 is 10.2 Å². The highest BCUT2D eigenvalue weighted by atomic mass is 16.1. The van der Waals surface area contributed by atoms with Gasteiger partial charge in [0.1, 0.15) is 6.07 Å². The van der Waals surface area contributed by atoms with Crippen molar-refractivity contribution in [2.45, 2.75) is 39.2 Å². The molecule has 1 amide bonds. The lowest BCUT2D eigenvalue weighted by Crippen LogP contribution is -2.54. The fraction of sp³-hybridized carbons (Fsp3) is 0.562. The van der Waals surface area contributed by atoms with Gasteiger partial charge in [0.2, 0.25) is 5.91 Å². The third-order valence-electron chi connectivity index (χ3n) is 4.58. The zero-order chi connectivity index (χ0) is 15.0. The minimum absolute atomic E-state index is 0.179. The van der Waals surface area contributed by atoms with Crippen LogP contribution in [0.3, 0.4) is 0 Å². The molecule has 0 bridgehead atoms. The normalized spacial score (nSPS) is 25.0. The highest BCUT2D eigenvalue weighted by molar-refractivity contribution is 5.77. The Hall–Kier alpha value is -2.09. The number of nitrogens with zero attached hydrogens (tertiary/aromatic N) is 3. The number of rotatable bonds is 1. The van der Waals surface area contributed by atoms with Crippen molar-refractivity contribution in [2.75, 3.05) is 18.0 Å². The Bertz CT molecular complexity index is 619. The van der Waals surface area contributed by atoms with Crippen LogP contribution in [0.15, 0.2) is 6.07 Å². The van der Waals surface area contributed by atoms with Gasteiger partial charge in [-0.2, -0.15) is 5.26 Å². The monoisotopic (exact) mass is 284 g/mol. The summed E-state index contributed by atoms with van der Waals surface area (Å²) >= 11 is 0. The molecule has 110 valence electrons. The lowest BCUT2D eigenvalue weighted by molar-refractivity contribution is -0.124. The quantitative estimate of drug-likeness (QED) is 0.852. The molecule has 3 heterocycles. The second-order valence-electron chi connectivity index (χ2n) is 6.06. The molecule has 1 aromatic heterocycles. The molecule has 2 aliphatic rings. The van der Waals surface area contributed by atoms with Crippen molar-refractivity contribution in [2.24, 2.45) is 5.92 Å². The maximum Gasteiger partial charge on any atom is 0.220 e. The highest BCUT2D eigenvalue weighted by Crippen LogP contribution is 2.31. The summed E-state index contributed by atoms with van der Waals surface area (Å²) in [5.41, 5.74) is 3.42. The SMILES string of the molecule is Cc1cc(N2CCC3NC(=O)CCC3C2)c(C#N)c(C)n1. The maximum absolute atomic E-state index is 11.5. The van der Waals surface area contributed by atoms with Crippen molar-refractivity contribution in [3.8, 4) is 6.07 Å². The van der Waals surface area contributed by atoms with E-state index in [0.29, 0.717) is 23.9 Å². The summed E-state index contributed by atoms with van der Waals surface area (Å²) in [6.45, 7) is 5.63. The molecule has 1 aromatic rings. The molecule has 21 heavy (non-hydrogen) atoms. The van der Waals surface area contributed by atoms with E-state index >= 15 is 0 Å². The van der Waals surface area contributed by atoms with Gasteiger partial charge in [-0.1, -0.05) is 0 Å². The number of anilines is 1. The Labute approximate surface area is 125 Å². The average molecular weight is 284 g/mol. The Balaban J connectivity index is 1.86. The van der Waals surface area contributed by atoms with Crippen LogP contribution in [0.5, 0.6) is 0 Å². The molecule has 0 radical (unpaired) electrons. The molecule has 3 rings (SSSR count). The second kappa shape index (κ2) is 5.36. The molecule has 0 aromatic carbocycles. The molecule has 5 nitrogen and oxygen atoms in total. The van der Waals surface area contributed by atoms with Gasteiger partial charge in [-0.15, -0.1) is 0 Å². The first kappa shape index (κ1) is 13.9. The van der Waals surface area contributed by atoms with E-state index in [4.69, 9.17) is 0 Å². The molecular weight excluding hydrogens is 264 g/mol. The van der Waals surface area contributed by atoms with Crippen molar-refractivity contribution in [3.63, 3.8) is 0 Å². The molecule has 0 saturated carbocycles. The fourth-order valence-corrected chi connectivity index (χ4v) is 3.52. The van der Waals surface area contributed by atoms with Crippen LogP contribution in [0, 0.1) is 31.1 Å². The van der Waals surface area contributed by atoms with Crippen LogP contribution in [-0.2, 0) is 4.79 Å². The summed E-state index contributed by atoms with van der Waals surface area (Å²) in [5.74, 6) is 0.662. The minimum Gasteiger partial charge on any atom is -0.370 e. The topological polar surface area (TPSA) is 69.0 Å². The van der Waals surface area contributed by atoms with Gasteiger partial charge in [-0.25, -0.2) is 0 Å². The molecular formula is C16H20N4O. The molecule has 0 spiro atoms. The molecule has 2 fully saturated rings. The van der Waals surface area contributed by atoms with E-state index in [0.717, 1.165) is 43.0 Å². The molecule has 2 saturated heterocycles. The number of fused-ring (bicyclic) bond motifs is 1. The Morgan fingerprint density at radius 1 is 1.43 bits per heavy atom. The highest BCUT2D eigenvalue weighted by Gasteiger charge is 2.34. The largest absolute Gasteiger partial charge is 0.370 e. The van der Waals surface area contributed by atoms with Gasteiger partial charge in [0.15, 0.2) is 0 Å². The first-order valence-electron chi connectivity index (χ1n) is 7.51. The number of piperidine rings is 2. The van der Waals surface area contributed by atoms with E-state index in [1.807, 2.05) is 19.9 Å². The third-order valence-corrected chi connectivity index (χ3v) is 4.58. The van der Waals surface area contributed by atoms with E-state index in [1.54, 1.807) is 0 Å². The number of nitriles is 1. The van der Waals surface area contributed by atoms with Crippen LogP contribution in [0.25, 0.3) is 0 Å². The Kier molecular flexibility index (Phi) is 3.54. The first-order valence-corrected chi connectivity index (χ1v) is 7.51. The average Bonchev–Trinajstić information content (AvgIpc) is 2.46. The number of carbonyl (C=O) groups is 1. The Morgan fingerprint density at radius 2 is 2.24 bits per heavy atom. The number of pyridine rings is 1. The van der Waals surface area contributed by atoms with Gasteiger partial charge in [-0.05, 0) is 38.7 Å². The number of hydrogen-bond acceptors (Lipinski definition) is 4. The van der Waals surface area contributed by atoms with Crippen molar-refractivity contribution >= 4 is 11.6 Å². The number of carbonyl (C=O) groups excluding carboxylic acids is 1. The van der Waals surface area contributed by atoms with Crippen LogP contribution in [0.2, 0.25) is 0 Å². The summed E-state index contributed by atoms with van der Waals surface area (Å²) < 4.78 is 0. The first-order chi connectivity index (χ1) is 10.1. The van der Waals surface area contributed by atoms with Crippen LogP contribution < -0.4 is 10.2 Å². The van der Waals surface area contributed by atoms with E-state index < -0.39 is 0 Å². The van der Waals surface area contributed by atoms with Gasteiger partial charge in [0.25, 0.3) is 0 Å². The summed E-state index contributed by atoms with van der Waals surface area (Å²) in [6.07, 6.45) is 2.51. The smallest absolute Gasteiger partial charge is 0.220 e. The molecule has 2 unspecified atom stereocenters. The third kappa shape index (κ3) is 2.58. The second-order valence-corrected chi connectivity index (χ2v) is 6.06.